The predicted octanol–water partition coefficient (Wildman–Crippen LogP) is 3.01. The van der Waals surface area contributed by atoms with Crippen molar-refractivity contribution in [2.75, 3.05) is 26.3 Å². The highest BCUT2D eigenvalue weighted by atomic mass is 16.6. The highest BCUT2D eigenvalue weighted by molar-refractivity contribution is 5.39. The van der Waals surface area contributed by atoms with Crippen molar-refractivity contribution < 1.29 is 14.2 Å². The van der Waals surface area contributed by atoms with Crippen LogP contribution in [-0.2, 0) is 4.74 Å². The summed E-state index contributed by atoms with van der Waals surface area (Å²) in [5.74, 6) is 1.61. The average Bonchev–Trinajstić information content (AvgIpc) is 2.95. The summed E-state index contributed by atoms with van der Waals surface area (Å²) in [7, 11) is 0. The highest BCUT2D eigenvalue weighted by Gasteiger charge is 2.25. The molecule has 1 aliphatic heterocycles. The smallest absolute Gasteiger partial charge is 0.161 e. The molecule has 1 aromatic carbocycles. The fourth-order valence-corrected chi connectivity index (χ4v) is 2.52. The van der Waals surface area contributed by atoms with Gasteiger partial charge in [-0.3, -0.25) is 0 Å². The fraction of sp³-hybridized carbons (Fsp3) is 0.647. The Morgan fingerprint density at radius 3 is 2.52 bits per heavy atom. The van der Waals surface area contributed by atoms with Gasteiger partial charge in [0.1, 0.15) is 6.61 Å². The minimum absolute atomic E-state index is 0.188. The first-order chi connectivity index (χ1) is 10.3. The molecular weight excluding hydrogens is 266 g/mol. The summed E-state index contributed by atoms with van der Waals surface area (Å²) in [4.78, 5) is 0. The van der Waals surface area contributed by atoms with E-state index in [4.69, 9.17) is 14.2 Å². The minimum Gasteiger partial charge on any atom is -0.490 e. The van der Waals surface area contributed by atoms with Gasteiger partial charge in [-0.2, -0.15) is 0 Å². The van der Waals surface area contributed by atoms with Crippen molar-refractivity contribution in [3.05, 3.63) is 24.3 Å². The van der Waals surface area contributed by atoms with Crippen LogP contribution in [0.15, 0.2) is 24.3 Å². The monoisotopic (exact) mass is 293 g/mol. The lowest BCUT2D eigenvalue weighted by Gasteiger charge is -2.16. The number of hydrogen-bond acceptors (Lipinski definition) is 4. The lowest BCUT2D eigenvalue weighted by atomic mass is 10.2. The molecule has 21 heavy (non-hydrogen) atoms. The van der Waals surface area contributed by atoms with E-state index in [1.54, 1.807) is 0 Å². The summed E-state index contributed by atoms with van der Waals surface area (Å²) in [5.41, 5.74) is 0. The van der Waals surface area contributed by atoms with Gasteiger partial charge in [-0.05, 0) is 44.9 Å². The molecule has 2 atom stereocenters. The third-order valence-electron chi connectivity index (χ3n) is 3.57. The molecule has 2 rings (SSSR count). The van der Waals surface area contributed by atoms with Crippen LogP contribution in [-0.4, -0.2) is 38.5 Å². The zero-order valence-corrected chi connectivity index (χ0v) is 13.1. The maximum Gasteiger partial charge on any atom is 0.161 e. The molecule has 0 aromatic heterocycles. The zero-order valence-electron chi connectivity index (χ0n) is 13.1. The average molecular weight is 293 g/mol. The Hall–Kier alpha value is -1.26. The molecule has 0 radical (unpaired) electrons. The van der Waals surface area contributed by atoms with Gasteiger partial charge in [0.25, 0.3) is 0 Å². The van der Waals surface area contributed by atoms with Crippen LogP contribution in [0.2, 0.25) is 0 Å². The third-order valence-corrected chi connectivity index (χ3v) is 3.57. The molecular formula is C17H27NO3. The van der Waals surface area contributed by atoms with Crippen molar-refractivity contribution in [3.8, 4) is 11.5 Å². The van der Waals surface area contributed by atoms with E-state index >= 15 is 0 Å². The standard InChI is InChI=1S/C17H27NO3/c1-3-11-18-12-14-9-10-15(21-14)13-20-17-8-6-5-7-16(17)19-4-2/h5-8,14-15,18H,3-4,9-13H2,1-2H3. The van der Waals surface area contributed by atoms with Crippen LogP contribution in [0.25, 0.3) is 0 Å². The molecule has 0 aliphatic carbocycles. The van der Waals surface area contributed by atoms with Crippen LogP contribution >= 0.6 is 0 Å². The summed E-state index contributed by atoms with van der Waals surface area (Å²) < 4.78 is 17.4. The van der Waals surface area contributed by atoms with Gasteiger partial charge in [-0.15, -0.1) is 0 Å². The maximum atomic E-state index is 6.00. The molecule has 0 bridgehead atoms. The normalized spacial score (nSPS) is 21.4. The minimum atomic E-state index is 0.188. The van der Waals surface area contributed by atoms with Gasteiger partial charge in [0.05, 0.1) is 18.8 Å². The Labute approximate surface area is 127 Å². The van der Waals surface area contributed by atoms with Crippen LogP contribution in [0.3, 0.4) is 0 Å². The van der Waals surface area contributed by atoms with Gasteiger partial charge in [-0.1, -0.05) is 19.1 Å². The number of para-hydroxylation sites is 2. The van der Waals surface area contributed by atoms with Crippen LogP contribution < -0.4 is 14.8 Å². The summed E-state index contributed by atoms with van der Waals surface area (Å²) >= 11 is 0. The van der Waals surface area contributed by atoms with Gasteiger partial charge in [-0.25, -0.2) is 0 Å². The van der Waals surface area contributed by atoms with E-state index in [2.05, 4.69) is 12.2 Å². The molecule has 1 fully saturated rings. The molecule has 1 aromatic rings. The van der Waals surface area contributed by atoms with E-state index in [0.29, 0.717) is 19.3 Å². The number of hydrogen-bond donors (Lipinski definition) is 1. The second kappa shape index (κ2) is 8.90. The molecule has 0 amide bonds. The van der Waals surface area contributed by atoms with Crippen molar-refractivity contribution in [1.82, 2.24) is 5.32 Å². The van der Waals surface area contributed by atoms with E-state index in [0.717, 1.165) is 43.9 Å². The molecule has 4 heteroatoms. The SMILES string of the molecule is CCCNCC1CCC(COc2ccccc2OCC)O1. The molecule has 2 unspecified atom stereocenters. The lowest BCUT2D eigenvalue weighted by Crippen LogP contribution is -2.28. The molecule has 1 aliphatic rings. The van der Waals surface area contributed by atoms with E-state index < -0.39 is 0 Å². The van der Waals surface area contributed by atoms with E-state index in [1.807, 2.05) is 31.2 Å². The maximum absolute atomic E-state index is 6.00. The van der Waals surface area contributed by atoms with Gasteiger partial charge in [0.15, 0.2) is 11.5 Å². The summed E-state index contributed by atoms with van der Waals surface area (Å²) in [5, 5.41) is 3.41. The van der Waals surface area contributed by atoms with Gasteiger partial charge < -0.3 is 19.5 Å². The first-order valence-corrected chi connectivity index (χ1v) is 8.04. The fourth-order valence-electron chi connectivity index (χ4n) is 2.52. The Morgan fingerprint density at radius 1 is 1.10 bits per heavy atom. The zero-order chi connectivity index (χ0) is 14.9. The van der Waals surface area contributed by atoms with Crippen molar-refractivity contribution in [1.29, 1.82) is 0 Å². The van der Waals surface area contributed by atoms with Crippen LogP contribution in [0.4, 0.5) is 0 Å². The molecule has 0 spiro atoms. The molecule has 1 N–H and O–H groups in total. The van der Waals surface area contributed by atoms with E-state index in [-0.39, 0.29) is 6.10 Å². The topological polar surface area (TPSA) is 39.7 Å². The lowest BCUT2D eigenvalue weighted by molar-refractivity contribution is 0.0181. The molecule has 4 nitrogen and oxygen atoms in total. The Kier molecular flexibility index (Phi) is 6.83. The van der Waals surface area contributed by atoms with Crippen molar-refractivity contribution in [3.63, 3.8) is 0 Å². The van der Waals surface area contributed by atoms with Gasteiger partial charge in [0, 0.05) is 6.54 Å². The second-order valence-electron chi connectivity index (χ2n) is 5.35. The summed E-state index contributed by atoms with van der Waals surface area (Å²) in [6.07, 6.45) is 3.85. The number of nitrogens with one attached hydrogen (secondary N) is 1. The Morgan fingerprint density at radius 2 is 1.81 bits per heavy atom. The third kappa shape index (κ3) is 5.21. The first-order valence-electron chi connectivity index (χ1n) is 8.04. The summed E-state index contributed by atoms with van der Waals surface area (Å²) in [6, 6.07) is 7.80. The van der Waals surface area contributed by atoms with Crippen LogP contribution in [0, 0.1) is 0 Å². The Bertz CT molecular complexity index is 411. The van der Waals surface area contributed by atoms with Crippen molar-refractivity contribution in [2.45, 2.75) is 45.3 Å². The first kappa shape index (κ1) is 16.1. The van der Waals surface area contributed by atoms with Crippen LogP contribution in [0.1, 0.15) is 33.1 Å². The number of ether oxygens (including phenoxy) is 3. The summed E-state index contributed by atoms with van der Waals surface area (Å²) in [6.45, 7) is 7.39. The number of rotatable bonds is 9. The second-order valence-corrected chi connectivity index (χ2v) is 5.35. The molecule has 118 valence electrons. The molecule has 0 saturated carbocycles. The van der Waals surface area contributed by atoms with Crippen LogP contribution in [0.5, 0.6) is 11.5 Å². The van der Waals surface area contributed by atoms with Crippen molar-refractivity contribution in [2.24, 2.45) is 0 Å². The Balaban J connectivity index is 1.74. The molecule has 1 heterocycles. The van der Waals surface area contributed by atoms with Gasteiger partial charge >= 0.3 is 0 Å². The number of benzene rings is 1. The van der Waals surface area contributed by atoms with Gasteiger partial charge in [0.2, 0.25) is 0 Å². The predicted molar refractivity (Wildman–Crippen MR) is 84.2 cm³/mol. The van der Waals surface area contributed by atoms with E-state index in [9.17, 15) is 0 Å². The highest BCUT2D eigenvalue weighted by Crippen LogP contribution is 2.28. The molecule has 1 saturated heterocycles. The van der Waals surface area contributed by atoms with Crippen molar-refractivity contribution >= 4 is 0 Å². The quantitative estimate of drug-likeness (QED) is 0.711. The van der Waals surface area contributed by atoms with E-state index in [1.165, 1.54) is 0 Å². The largest absolute Gasteiger partial charge is 0.490 e.